The molecule has 2 aliphatic rings. The van der Waals surface area contributed by atoms with Gasteiger partial charge < -0.3 is 19.7 Å². The minimum atomic E-state index is -0.121. The molecule has 2 fully saturated rings. The molecule has 8 nitrogen and oxygen atoms in total. The second-order valence-corrected chi connectivity index (χ2v) is 8.03. The zero-order valence-corrected chi connectivity index (χ0v) is 17.6. The summed E-state index contributed by atoms with van der Waals surface area (Å²) in [4.78, 5) is 18.8. The Morgan fingerprint density at radius 1 is 1.13 bits per heavy atom. The van der Waals surface area contributed by atoms with Gasteiger partial charge in [0.2, 0.25) is 5.88 Å². The molecule has 1 N–H and O–H groups in total. The molecule has 2 aromatic heterocycles. The zero-order valence-electron chi connectivity index (χ0n) is 17.6. The quantitative estimate of drug-likeness (QED) is 0.782. The van der Waals surface area contributed by atoms with Gasteiger partial charge in [0.05, 0.1) is 13.3 Å². The van der Waals surface area contributed by atoms with Crippen LogP contribution in [0.5, 0.6) is 11.6 Å². The number of nitrogens with zero attached hydrogens (tertiary/aromatic N) is 4. The Labute approximate surface area is 177 Å². The summed E-state index contributed by atoms with van der Waals surface area (Å²) in [5.41, 5.74) is 1.37. The Morgan fingerprint density at radius 2 is 1.90 bits per heavy atom. The molecule has 0 radical (unpaired) electrons. The Bertz CT molecular complexity index is 860. The van der Waals surface area contributed by atoms with Crippen molar-refractivity contribution in [2.75, 3.05) is 25.1 Å². The number of aryl methyl sites for hydroxylation is 1. The van der Waals surface area contributed by atoms with Crippen LogP contribution in [0.25, 0.3) is 0 Å². The topological polar surface area (TPSA) is 89.5 Å². The molecule has 0 unspecified atom stereocenters. The van der Waals surface area contributed by atoms with E-state index in [-0.39, 0.29) is 18.1 Å². The van der Waals surface area contributed by atoms with E-state index in [9.17, 15) is 4.79 Å². The Kier molecular flexibility index (Phi) is 6.30. The molecule has 30 heavy (non-hydrogen) atoms. The fourth-order valence-corrected chi connectivity index (χ4v) is 4.17. The number of hydrogen-bond donors (Lipinski definition) is 1. The number of carbonyl (C=O) groups is 1. The fourth-order valence-electron chi connectivity index (χ4n) is 4.17. The summed E-state index contributed by atoms with van der Waals surface area (Å²) in [6.45, 7) is 3.65. The van der Waals surface area contributed by atoms with E-state index in [0.717, 1.165) is 55.9 Å². The van der Waals surface area contributed by atoms with Crippen molar-refractivity contribution in [1.29, 1.82) is 0 Å². The van der Waals surface area contributed by atoms with Crippen molar-refractivity contribution in [1.82, 2.24) is 20.5 Å². The number of piperidine rings is 1. The predicted octanol–water partition coefficient (Wildman–Crippen LogP) is 2.91. The lowest BCUT2D eigenvalue weighted by atomic mass is 10.1. The van der Waals surface area contributed by atoms with Gasteiger partial charge in [0.25, 0.3) is 5.91 Å². The van der Waals surface area contributed by atoms with Crippen molar-refractivity contribution in [3.63, 3.8) is 0 Å². The van der Waals surface area contributed by atoms with Crippen LogP contribution in [0, 0.1) is 6.92 Å². The molecule has 3 heterocycles. The summed E-state index contributed by atoms with van der Waals surface area (Å²) in [5, 5.41) is 11.7. The summed E-state index contributed by atoms with van der Waals surface area (Å²) in [5.74, 6) is 2.05. The first-order valence-corrected chi connectivity index (χ1v) is 10.7. The molecule has 160 valence electrons. The Hall–Kier alpha value is -2.90. The van der Waals surface area contributed by atoms with Gasteiger partial charge in [-0.15, -0.1) is 10.2 Å². The largest absolute Gasteiger partial charge is 0.489 e. The van der Waals surface area contributed by atoms with E-state index in [4.69, 9.17) is 9.47 Å². The van der Waals surface area contributed by atoms with Crippen LogP contribution in [0.2, 0.25) is 0 Å². The molecule has 0 atom stereocenters. The Morgan fingerprint density at radius 3 is 2.53 bits per heavy atom. The number of amides is 1. The lowest BCUT2D eigenvalue weighted by molar-refractivity contribution is 0.0931. The van der Waals surface area contributed by atoms with Gasteiger partial charge in [-0.25, -0.2) is 4.98 Å². The normalized spacial score (nSPS) is 17.7. The lowest BCUT2D eigenvalue weighted by Crippen LogP contribution is -2.39. The summed E-state index contributed by atoms with van der Waals surface area (Å²) in [7, 11) is 1.60. The highest BCUT2D eigenvalue weighted by molar-refractivity contribution is 5.92. The number of methoxy groups -OCH3 is 1. The van der Waals surface area contributed by atoms with Gasteiger partial charge in [-0.3, -0.25) is 4.79 Å². The maximum absolute atomic E-state index is 12.4. The number of hydrogen-bond acceptors (Lipinski definition) is 7. The number of rotatable bonds is 6. The summed E-state index contributed by atoms with van der Waals surface area (Å²) in [6.07, 6.45) is 8.08. The van der Waals surface area contributed by atoms with Crippen molar-refractivity contribution >= 4 is 11.7 Å². The lowest BCUT2D eigenvalue weighted by Gasteiger charge is -2.33. The van der Waals surface area contributed by atoms with E-state index in [0.29, 0.717) is 11.6 Å². The second kappa shape index (κ2) is 9.28. The molecular formula is C22H29N5O3. The third kappa shape index (κ3) is 4.80. The van der Waals surface area contributed by atoms with Gasteiger partial charge in [0.15, 0.2) is 11.5 Å². The van der Waals surface area contributed by atoms with E-state index in [1.165, 1.54) is 12.8 Å². The average molecular weight is 412 g/mol. The van der Waals surface area contributed by atoms with Crippen LogP contribution in [0.4, 0.5) is 5.82 Å². The van der Waals surface area contributed by atoms with Gasteiger partial charge in [0.1, 0.15) is 11.9 Å². The number of pyridine rings is 1. The maximum Gasteiger partial charge on any atom is 0.272 e. The molecular weight excluding hydrogens is 382 g/mol. The number of ether oxygens (including phenoxy) is 2. The molecule has 0 spiro atoms. The van der Waals surface area contributed by atoms with Crippen molar-refractivity contribution in [2.45, 2.75) is 57.6 Å². The first kappa shape index (κ1) is 20.4. The van der Waals surface area contributed by atoms with Gasteiger partial charge in [-0.05, 0) is 37.5 Å². The molecule has 2 aromatic rings. The van der Waals surface area contributed by atoms with Crippen LogP contribution in [0.15, 0.2) is 24.4 Å². The van der Waals surface area contributed by atoms with Crippen LogP contribution in [-0.2, 0) is 0 Å². The molecule has 0 aromatic carbocycles. The highest BCUT2D eigenvalue weighted by Crippen LogP contribution is 2.25. The van der Waals surface area contributed by atoms with Crippen LogP contribution in [-0.4, -0.2) is 53.4 Å². The monoisotopic (exact) mass is 411 g/mol. The van der Waals surface area contributed by atoms with E-state index in [1.54, 1.807) is 19.4 Å². The fraction of sp³-hybridized carbons (Fsp3) is 0.545. The zero-order chi connectivity index (χ0) is 20.9. The van der Waals surface area contributed by atoms with Crippen molar-refractivity contribution in [3.05, 3.63) is 35.7 Å². The van der Waals surface area contributed by atoms with E-state index in [1.807, 2.05) is 19.1 Å². The molecule has 4 rings (SSSR count). The maximum atomic E-state index is 12.4. The summed E-state index contributed by atoms with van der Waals surface area (Å²) in [6, 6.07) is 5.80. The predicted molar refractivity (Wildman–Crippen MR) is 113 cm³/mol. The third-order valence-corrected chi connectivity index (χ3v) is 5.84. The summed E-state index contributed by atoms with van der Waals surface area (Å²) < 4.78 is 11.1. The molecule has 1 saturated carbocycles. The number of nitrogens with one attached hydrogen (secondary N) is 1. The van der Waals surface area contributed by atoms with Crippen LogP contribution >= 0.6 is 0 Å². The smallest absolute Gasteiger partial charge is 0.272 e. The van der Waals surface area contributed by atoms with Gasteiger partial charge in [-0.2, -0.15) is 0 Å². The van der Waals surface area contributed by atoms with Crippen molar-refractivity contribution < 1.29 is 14.3 Å². The van der Waals surface area contributed by atoms with Gasteiger partial charge in [0, 0.05) is 38.0 Å². The highest BCUT2D eigenvalue weighted by Gasteiger charge is 2.24. The molecule has 1 amide bonds. The molecule has 8 heteroatoms. The van der Waals surface area contributed by atoms with E-state index < -0.39 is 0 Å². The minimum absolute atomic E-state index is 0.121. The van der Waals surface area contributed by atoms with E-state index in [2.05, 4.69) is 25.4 Å². The standard InChI is InChI=1S/C22H29N5O3/c1-15-13-19(22(28)24-16-5-3-4-6-16)25-26-21(15)27-11-9-17(10-12-27)30-18-7-8-20(29-2)23-14-18/h7-8,13-14,16-17H,3-6,9-12H2,1-2H3,(H,24,28). The first-order valence-electron chi connectivity index (χ1n) is 10.7. The molecule has 1 aliphatic carbocycles. The third-order valence-electron chi connectivity index (χ3n) is 5.84. The van der Waals surface area contributed by atoms with Crippen LogP contribution in [0.1, 0.15) is 54.6 Å². The number of aromatic nitrogens is 3. The molecule has 1 aliphatic heterocycles. The highest BCUT2D eigenvalue weighted by atomic mass is 16.5. The van der Waals surface area contributed by atoms with Crippen molar-refractivity contribution in [3.8, 4) is 11.6 Å². The minimum Gasteiger partial charge on any atom is -0.489 e. The van der Waals surface area contributed by atoms with Crippen LogP contribution in [0.3, 0.4) is 0 Å². The molecule has 1 saturated heterocycles. The van der Waals surface area contributed by atoms with Gasteiger partial charge >= 0.3 is 0 Å². The first-order chi connectivity index (χ1) is 14.6. The van der Waals surface area contributed by atoms with Crippen LogP contribution < -0.4 is 19.7 Å². The number of carbonyl (C=O) groups excluding carboxylic acids is 1. The summed E-state index contributed by atoms with van der Waals surface area (Å²) >= 11 is 0. The Balaban J connectivity index is 1.32. The van der Waals surface area contributed by atoms with Gasteiger partial charge in [-0.1, -0.05) is 12.8 Å². The average Bonchev–Trinajstić information content (AvgIpc) is 3.28. The van der Waals surface area contributed by atoms with E-state index >= 15 is 0 Å². The SMILES string of the molecule is COc1ccc(OC2CCN(c3nnc(C(=O)NC4CCCC4)cc3C)CC2)cn1. The van der Waals surface area contributed by atoms with Crippen molar-refractivity contribution in [2.24, 2.45) is 0 Å². The number of anilines is 1. The molecule has 0 bridgehead atoms. The second-order valence-electron chi connectivity index (χ2n) is 8.03.